The number of aryl methyl sites for hydroxylation is 2. The molecule has 0 spiro atoms. The predicted molar refractivity (Wildman–Crippen MR) is 119 cm³/mol. The maximum Gasteiger partial charge on any atom is 0.339 e. The third-order valence-corrected chi connectivity index (χ3v) is 5.14. The number of carbonyl (C=O) groups excluding carboxylic acids is 3. The zero-order valence-electron chi connectivity index (χ0n) is 17.3. The molecule has 0 N–H and O–H groups in total. The van der Waals surface area contributed by atoms with Crippen molar-refractivity contribution in [2.45, 2.75) is 13.8 Å². The summed E-state index contributed by atoms with van der Waals surface area (Å²) in [6, 6.07) is 14.9. The zero-order chi connectivity index (χ0) is 23.4. The van der Waals surface area contributed by atoms with E-state index in [0.29, 0.717) is 5.56 Å². The number of nitro groups is 1. The molecule has 0 amide bonds. The Bertz CT molecular complexity index is 1250. The van der Waals surface area contributed by atoms with Crippen molar-refractivity contribution in [1.29, 1.82) is 0 Å². The largest absolute Gasteiger partial charge is 0.454 e. The first-order valence-electron chi connectivity index (χ1n) is 9.54. The van der Waals surface area contributed by atoms with Gasteiger partial charge < -0.3 is 4.74 Å². The van der Waals surface area contributed by atoms with Gasteiger partial charge in [0, 0.05) is 22.8 Å². The first-order chi connectivity index (χ1) is 15.2. The van der Waals surface area contributed by atoms with Gasteiger partial charge in [-0.1, -0.05) is 47.5 Å². The van der Waals surface area contributed by atoms with Crippen LogP contribution in [-0.4, -0.2) is 29.1 Å². The van der Waals surface area contributed by atoms with Crippen molar-refractivity contribution in [3.05, 3.63) is 109 Å². The fraction of sp³-hybridized carbons (Fsp3) is 0.125. The van der Waals surface area contributed by atoms with Crippen LogP contribution in [0.1, 0.15) is 47.8 Å². The van der Waals surface area contributed by atoms with E-state index in [-0.39, 0.29) is 27.5 Å². The van der Waals surface area contributed by atoms with E-state index in [4.69, 9.17) is 16.3 Å². The molecule has 162 valence electrons. The van der Waals surface area contributed by atoms with Gasteiger partial charge in [-0.05, 0) is 43.7 Å². The van der Waals surface area contributed by atoms with Crippen LogP contribution in [0.15, 0.2) is 60.7 Å². The van der Waals surface area contributed by atoms with Gasteiger partial charge in [-0.3, -0.25) is 19.7 Å². The summed E-state index contributed by atoms with van der Waals surface area (Å²) in [4.78, 5) is 48.6. The third kappa shape index (κ3) is 4.90. The maximum absolute atomic E-state index is 13.0. The molecule has 0 aliphatic rings. The summed E-state index contributed by atoms with van der Waals surface area (Å²) in [6.07, 6.45) is 0. The summed E-state index contributed by atoms with van der Waals surface area (Å²) in [5.41, 5.74) is 1.63. The molecule has 0 unspecified atom stereocenters. The summed E-state index contributed by atoms with van der Waals surface area (Å²) < 4.78 is 5.18. The number of hydrogen-bond acceptors (Lipinski definition) is 6. The SMILES string of the molecule is Cc1ccc(C)c(C(=O)COC(=O)c2ccccc2C(=O)c2ccc(Cl)c([N+](=O)[O-])c2)c1. The highest BCUT2D eigenvalue weighted by Crippen LogP contribution is 2.27. The van der Waals surface area contributed by atoms with E-state index in [0.717, 1.165) is 17.2 Å². The molecule has 0 fully saturated rings. The van der Waals surface area contributed by atoms with Gasteiger partial charge in [-0.2, -0.15) is 0 Å². The van der Waals surface area contributed by atoms with Gasteiger partial charge in [0.05, 0.1) is 10.5 Å². The standard InChI is InChI=1S/C24H18ClNO6/c1-14-7-8-15(2)19(11-14)22(27)13-32-24(29)18-6-4-3-5-17(18)23(28)16-9-10-20(25)21(12-16)26(30)31/h3-12H,13H2,1-2H3. The molecule has 0 radical (unpaired) electrons. The number of Topliss-reactive ketones (excluding diaryl/α,β-unsaturated/α-hetero) is 1. The molecular weight excluding hydrogens is 434 g/mol. The molecule has 0 saturated heterocycles. The quantitative estimate of drug-likeness (QED) is 0.213. The second kappa shape index (κ2) is 9.53. The van der Waals surface area contributed by atoms with Crippen LogP contribution in [0.5, 0.6) is 0 Å². The molecule has 0 aromatic heterocycles. The Balaban J connectivity index is 1.83. The molecule has 32 heavy (non-hydrogen) atoms. The Labute approximate surface area is 188 Å². The Hall–Kier alpha value is -3.84. The van der Waals surface area contributed by atoms with Crippen molar-refractivity contribution in [3.8, 4) is 0 Å². The number of hydrogen-bond donors (Lipinski definition) is 0. The number of benzene rings is 3. The van der Waals surface area contributed by atoms with Crippen LogP contribution < -0.4 is 0 Å². The van der Waals surface area contributed by atoms with E-state index >= 15 is 0 Å². The van der Waals surface area contributed by atoms with Gasteiger partial charge in [0.2, 0.25) is 5.78 Å². The molecule has 0 aliphatic heterocycles. The van der Waals surface area contributed by atoms with Crippen LogP contribution in [0.4, 0.5) is 5.69 Å². The van der Waals surface area contributed by atoms with Crippen molar-refractivity contribution in [2.75, 3.05) is 6.61 Å². The number of nitro benzene ring substituents is 1. The lowest BCUT2D eigenvalue weighted by atomic mass is 9.98. The lowest BCUT2D eigenvalue weighted by Gasteiger charge is -2.10. The first-order valence-corrected chi connectivity index (χ1v) is 9.92. The van der Waals surface area contributed by atoms with Crippen molar-refractivity contribution in [1.82, 2.24) is 0 Å². The second-order valence-corrected chi connectivity index (χ2v) is 7.52. The van der Waals surface area contributed by atoms with Crippen LogP contribution in [0.25, 0.3) is 0 Å². The molecule has 3 aromatic rings. The average molecular weight is 452 g/mol. The number of rotatable bonds is 7. The van der Waals surface area contributed by atoms with E-state index in [2.05, 4.69) is 0 Å². The highest BCUT2D eigenvalue weighted by molar-refractivity contribution is 6.33. The van der Waals surface area contributed by atoms with Crippen molar-refractivity contribution in [2.24, 2.45) is 0 Å². The van der Waals surface area contributed by atoms with Crippen molar-refractivity contribution >= 4 is 34.8 Å². The molecule has 0 saturated carbocycles. The van der Waals surface area contributed by atoms with Crippen LogP contribution in [0.2, 0.25) is 5.02 Å². The molecule has 0 atom stereocenters. The normalized spacial score (nSPS) is 10.5. The van der Waals surface area contributed by atoms with Gasteiger partial charge >= 0.3 is 5.97 Å². The minimum atomic E-state index is -0.851. The van der Waals surface area contributed by atoms with E-state index in [1.165, 1.54) is 24.3 Å². The fourth-order valence-corrected chi connectivity index (χ4v) is 3.32. The summed E-state index contributed by atoms with van der Waals surface area (Å²) in [5, 5.41) is 11.0. The van der Waals surface area contributed by atoms with E-state index < -0.39 is 29.0 Å². The van der Waals surface area contributed by atoms with Crippen LogP contribution >= 0.6 is 11.6 Å². The maximum atomic E-state index is 13.0. The van der Waals surface area contributed by atoms with Gasteiger partial charge in [-0.15, -0.1) is 0 Å². The molecule has 8 heteroatoms. The van der Waals surface area contributed by atoms with Crippen molar-refractivity contribution in [3.63, 3.8) is 0 Å². The summed E-state index contributed by atoms with van der Waals surface area (Å²) in [5.74, 6) is -1.83. The Morgan fingerprint density at radius 2 is 1.62 bits per heavy atom. The molecule has 0 aliphatic carbocycles. The van der Waals surface area contributed by atoms with Crippen LogP contribution in [0, 0.1) is 24.0 Å². The number of nitrogens with zero attached hydrogens (tertiary/aromatic N) is 1. The summed E-state index contributed by atoms with van der Waals surface area (Å²) >= 11 is 5.81. The van der Waals surface area contributed by atoms with Gasteiger partial charge in [0.1, 0.15) is 5.02 Å². The van der Waals surface area contributed by atoms with Crippen molar-refractivity contribution < 1.29 is 24.0 Å². The zero-order valence-corrected chi connectivity index (χ0v) is 18.0. The lowest BCUT2D eigenvalue weighted by molar-refractivity contribution is -0.384. The monoisotopic (exact) mass is 451 g/mol. The number of ketones is 2. The second-order valence-electron chi connectivity index (χ2n) is 7.12. The molecule has 3 rings (SSSR count). The van der Waals surface area contributed by atoms with Gasteiger partial charge in [0.15, 0.2) is 12.4 Å². The lowest BCUT2D eigenvalue weighted by Crippen LogP contribution is -2.18. The third-order valence-electron chi connectivity index (χ3n) is 4.82. The first kappa shape index (κ1) is 22.8. The highest BCUT2D eigenvalue weighted by atomic mass is 35.5. The Morgan fingerprint density at radius 1 is 0.938 bits per heavy atom. The highest BCUT2D eigenvalue weighted by Gasteiger charge is 2.23. The number of halogens is 1. The van der Waals surface area contributed by atoms with E-state index in [9.17, 15) is 24.5 Å². The molecule has 0 bridgehead atoms. The summed E-state index contributed by atoms with van der Waals surface area (Å²) in [7, 11) is 0. The minimum Gasteiger partial charge on any atom is -0.454 e. The number of esters is 1. The number of ether oxygens (including phenoxy) is 1. The average Bonchev–Trinajstić information content (AvgIpc) is 2.78. The van der Waals surface area contributed by atoms with E-state index in [1.807, 2.05) is 19.1 Å². The number of carbonyl (C=O) groups is 3. The molecule has 3 aromatic carbocycles. The molecule has 0 heterocycles. The predicted octanol–water partition coefficient (Wildman–Crippen LogP) is 5.14. The fourth-order valence-electron chi connectivity index (χ4n) is 3.13. The van der Waals surface area contributed by atoms with E-state index in [1.54, 1.807) is 25.1 Å². The smallest absolute Gasteiger partial charge is 0.339 e. The summed E-state index contributed by atoms with van der Waals surface area (Å²) in [6.45, 7) is 3.15. The van der Waals surface area contributed by atoms with Gasteiger partial charge in [0.25, 0.3) is 5.69 Å². The van der Waals surface area contributed by atoms with Crippen LogP contribution in [0.3, 0.4) is 0 Å². The van der Waals surface area contributed by atoms with Gasteiger partial charge in [-0.25, -0.2) is 4.79 Å². The molecular formula is C24H18ClNO6. The topological polar surface area (TPSA) is 104 Å². The molecule has 7 nitrogen and oxygen atoms in total. The minimum absolute atomic E-state index is 0.00620. The Kier molecular flexibility index (Phi) is 6.80. The Morgan fingerprint density at radius 3 is 2.31 bits per heavy atom. The van der Waals surface area contributed by atoms with Crippen LogP contribution in [-0.2, 0) is 4.74 Å².